The van der Waals surface area contributed by atoms with E-state index in [4.69, 9.17) is 9.47 Å². The molecule has 2 heterocycles. The van der Waals surface area contributed by atoms with Crippen LogP contribution in [0.2, 0.25) is 0 Å². The van der Waals surface area contributed by atoms with Gasteiger partial charge in [0.2, 0.25) is 5.91 Å². The number of carbonyl (C=O) groups excluding carboxylic acids is 1. The fourth-order valence-electron chi connectivity index (χ4n) is 4.13. The first kappa shape index (κ1) is 21.7. The van der Waals surface area contributed by atoms with Gasteiger partial charge in [-0.1, -0.05) is 0 Å². The molecule has 1 aromatic heterocycles. The Morgan fingerprint density at radius 3 is 2.55 bits per heavy atom. The Kier molecular flexibility index (Phi) is 7.14. The lowest BCUT2D eigenvalue weighted by Gasteiger charge is -2.25. The Bertz CT molecular complexity index is 887. The molecule has 0 radical (unpaired) electrons. The maximum absolute atomic E-state index is 12.3. The minimum atomic E-state index is -0.140. The van der Waals surface area contributed by atoms with Crippen LogP contribution in [-0.4, -0.2) is 59.7 Å². The molecule has 1 aliphatic heterocycles. The van der Waals surface area contributed by atoms with E-state index in [1.807, 2.05) is 32.0 Å². The van der Waals surface area contributed by atoms with E-state index in [2.05, 4.69) is 20.2 Å². The van der Waals surface area contributed by atoms with Gasteiger partial charge < -0.3 is 14.8 Å². The Balaban J connectivity index is 1.50. The summed E-state index contributed by atoms with van der Waals surface area (Å²) in [6.45, 7) is 7.86. The first-order chi connectivity index (χ1) is 15.1. The zero-order chi connectivity index (χ0) is 21.6. The summed E-state index contributed by atoms with van der Waals surface area (Å²) in [6.07, 6.45) is 7.63. The average molecular weight is 425 g/mol. The molecule has 7 nitrogen and oxygen atoms in total. The molecule has 1 saturated carbocycles. The third-order valence-corrected chi connectivity index (χ3v) is 6.13. The summed E-state index contributed by atoms with van der Waals surface area (Å²) in [7, 11) is 0. The number of rotatable bonds is 9. The minimum Gasteiger partial charge on any atom is -0.492 e. The Morgan fingerprint density at radius 2 is 1.87 bits per heavy atom. The molecule has 166 valence electrons. The highest BCUT2D eigenvalue weighted by molar-refractivity contribution is 5.93. The van der Waals surface area contributed by atoms with Crippen LogP contribution in [0.3, 0.4) is 0 Å². The van der Waals surface area contributed by atoms with Crippen molar-refractivity contribution in [3.8, 4) is 16.9 Å². The van der Waals surface area contributed by atoms with Crippen LogP contribution in [-0.2, 0) is 9.53 Å². The number of aromatic nitrogens is 2. The van der Waals surface area contributed by atoms with E-state index in [0.717, 1.165) is 60.7 Å². The predicted molar refractivity (Wildman–Crippen MR) is 120 cm³/mol. The summed E-state index contributed by atoms with van der Waals surface area (Å²) in [5, 5.41) is 2.95. The van der Waals surface area contributed by atoms with Crippen molar-refractivity contribution in [1.29, 1.82) is 0 Å². The lowest BCUT2D eigenvalue weighted by molar-refractivity contribution is -0.124. The van der Waals surface area contributed by atoms with Gasteiger partial charge >= 0.3 is 0 Å². The number of ether oxygens (including phenoxy) is 2. The van der Waals surface area contributed by atoms with E-state index in [9.17, 15) is 4.79 Å². The molecule has 0 atom stereocenters. The lowest BCUT2D eigenvalue weighted by Crippen LogP contribution is -2.27. The number of carbonyl (C=O) groups is 1. The monoisotopic (exact) mass is 424 g/mol. The van der Waals surface area contributed by atoms with E-state index in [1.54, 1.807) is 6.33 Å². The first-order valence-electron chi connectivity index (χ1n) is 11.3. The van der Waals surface area contributed by atoms with E-state index >= 15 is 0 Å². The predicted octanol–water partition coefficient (Wildman–Crippen LogP) is 3.74. The van der Waals surface area contributed by atoms with Gasteiger partial charge in [0.1, 0.15) is 25.3 Å². The van der Waals surface area contributed by atoms with Gasteiger partial charge in [0, 0.05) is 34.7 Å². The SMILES string of the molecule is Cc1ncnc(C)c1-c1cc(NC(=O)COC2CCC2)ccc1OCCN1CCCC1. The fourth-order valence-corrected chi connectivity index (χ4v) is 4.13. The number of hydrogen-bond donors (Lipinski definition) is 1. The van der Waals surface area contributed by atoms with Gasteiger partial charge in [0.15, 0.2) is 0 Å². The van der Waals surface area contributed by atoms with Gasteiger partial charge in [-0.25, -0.2) is 9.97 Å². The molecule has 2 aromatic rings. The topological polar surface area (TPSA) is 76.6 Å². The van der Waals surface area contributed by atoms with Crippen LogP contribution in [0.5, 0.6) is 5.75 Å². The van der Waals surface area contributed by atoms with E-state index in [0.29, 0.717) is 12.3 Å². The van der Waals surface area contributed by atoms with Crippen molar-refractivity contribution in [1.82, 2.24) is 14.9 Å². The maximum atomic E-state index is 12.3. The Labute approximate surface area is 184 Å². The molecule has 1 saturated heterocycles. The standard InChI is InChI=1S/C24H32N4O3/c1-17-24(18(2)26-16-25-17)21-14-19(27-23(29)15-31-20-6-5-7-20)8-9-22(21)30-13-12-28-10-3-4-11-28/h8-9,14,16,20H,3-7,10-13,15H2,1-2H3,(H,27,29). The molecule has 7 heteroatoms. The van der Waals surface area contributed by atoms with E-state index < -0.39 is 0 Å². The van der Waals surface area contributed by atoms with Gasteiger partial charge in [-0.05, 0) is 77.2 Å². The van der Waals surface area contributed by atoms with E-state index in [1.165, 1.54) is 19.3 Å². The summed E-state index contributed by atoms with van der Waals surface area (Å²) >= 11 is 0. The van der Waals surface area contributed by atoms with Crippen LogP contribution in [0.4, 0.5) is 5.69 Å². The van der Waals surface area contributed by atoms with Crippen LogP contribution in [0.15, 0.2) is 24.5 Å². The van der Waals surface area contributed by atoms with Gasteiger partial charge in [0.05, 0.1) is 6.10 Å². The summed E-state index contributed by atoms with van der Waals surface area (Å²) in [4.78, 5) is 23.5. The summed E-state index contributed by atoms with van der Waals surface area (Å²) in [5.74, 6) is 0.641. The molecular formula is C24H32N4O3. The Morgan fingerprint density at radius 1 is 1.13 bits per heavy atom. The number of hydrogen-bond acceptors (Lipinski definition) is 6. The molecule has 1 aliphatic carbocycles. The van der Waals surface area contributed by atoms with Gasteiger partial charge in [-0.2, -0.15) is 0 Å². The van der Waals surface area contributed by atoms with Crippen molar-refractivity contribution >= 4 is 11.6 Å². The maximum Gasteiger partial charge on any atom is 0.250 e. The summed E-state index contributed by atoms with van der Waals surface area (Å²) in [6, 6.07) is 5.75. The number of nitrogens with zero attached hydrogens (tertiary/aromatic N) is 3. The zero-order valence-corrected chi connectivity index (χ0v) is 18.5. The highest BCUT2D eigenvalue weighted by Crippen LogP contribution is 2.35. The molecule has 1 aromatic carbocycles. The summed E-state index contributed by atoms with van der Waals surface area (Å²) < 4.78 is 11.8. The molecule has 4 rings (SSSR count). The average Bonchev–Trinajstić information content (AvgIpc) is 3.22. The van der Waals surface area contributed by atoms with Crippen molar-refractivity contribution in [3.63, 3.8) is 0 Å². The molecule has 2 aliphatic rings. The third kappa shape index (κ3) is 5.60. The van der Waals surface area contributed by atoms with Crippen LogP contribution < -0.4 is 10.1 Å². The normalized spacial score (nSPS) is 16.8. The number of aryl methyl sites for hydroxylation is 2. The van der Waals surface area contributed by atoms with Crippen molar-refractivity contribution in [2.75, 3.05) is 38.2 Å². The van der Waals surface area contributed by atoms with Crippen molar-refractivity contribution in [2.24, 2.45) is 0 Å². The van der Waals surface area contributed by atoms with Crippen molar-refractivity contribution in [2.45, 2.75) is 52.1 Å². The first-order valence-corrected chi connectivity index (χ1v) is 11.3. The lowest BCUT2D eigenvalue weighted by atomic mass is 9.96. The summed E-state index contributed by atoms with van der Waals surface area (Å²) in [5.41, 5.74) is 4.32. The van der Waals surface area contributed by atoms with Crippen molar-refractivity contribution in [3.05, 3.63) is 35.9 Å². The third-order valence-electron chi connectivity index (χ3n) is 6.13. The quantitative estimate of drug-likeness (QED) is 0.661. The second-order valence-electron chi connectivity index (χ2n) is 8.44. The molecular weight excluding hydrogens is 392 g/mol. The number of amides is 1. The fraction of sp³-hybridized carbons (Fsp3) is 0.542. The second kappa shape index (κ2) is 10.2. The highest BCUT2D eigenvalue weighted by Gasteiger charge is 2.20. The number of anilines is 1. The molecule has 0 unspecified atom stereocenters. The molecule has 0 spiro atoms. The van der Waals surface area contributed by atoms with Crippen molar-refractivity contribution < 1.29 is 14.3 Å². The van der Waals surface area contributed by atoms with E-state index in [-0.39, 0.29) is 18.6 Å². The minimum absolute atomic E-state index is 0.0839. The van der Waals surface area contributed by atoms with Crippen LogP contribution in [0, 0.1) is 13.8 Å². The smallest absolute Gasteiger partial charge is 0.250 e. The highest BCUT2D eigenvalue weighted by atomic mass is 16.5. The number of nitrogens with one attached hydrogen (secondary N) is 1. The van der Waals surface area contributed by atoms with Gasteiger partial charge in [-0.3, -0.25) is 9.69 Å². The molecule has 2 fully saturated rings. The van der Waals surface area contributed by atoms with Crippen LogP contribution in [0.25, 0.3) is 11.1 Å². The zero-order valence-electron chi connectivity index (χ0n) is 18.5. The molecule has 1 N–H and O–H groups in total. The van der Waals surface area contributed by atoms with Crippen LogP contribution >= 0.6 is 0 Å². The second-order valence-corrected chi connectivity index (χ2v) is 8.44. The number of likely N-dealkylation sites (tertiary alicyclic amines) is 1. The van der Waals surface area contributed by atoms with Gasteiger partial charge in [0.25, 0.3) is 0 Å². The van der Waals surface area contributed by atoms with Gasteiger partial charge in [-0.15, -0.1) is 0 Å². The molecule has 0 bridgehead atoms. The largest absolute Gasteiger partial charge is 0.492 e. The number of benzene rings is 1. The molecule has 1 amide bonds. The van der Waals surface area contributed by atoms with Crippen LogP contribution in [0.1, 0.15) is 43.5 Å². The Hall–Kier alpha value is -2.51. The molecule has 31 heavy (non-hydrogen) atoms.